The summed E-state index contributed by atoms with van der Waals surface area (Å²) < 4.78 is 24.7. The molecule has 0 amide bonds. The fourth-order valence-corrected chi connectivity index (χ4v) is 3.60. The molecule has 0 aliphatic carbocycles. The van der Waals surface area contributed by atoms with Crippen molar-refractivity contribution in [2.45, 2.75) is 17.4 Å². The van der Waals surface area contributed by atoms with Gasteiger partial charge in [-0.25, -0.2) is 8.42 Å². The molecule has 110 valence electrons. The number of hydrogen-bond acceptors (Lipinski definition) is 4. The largest absolute Gasteiger partial charge is 0.480 e. The Hall–Kier alpha value is -2.21. The van der Waals surface area contributed by atoms with Gasteiger partial charge in [-0.1, -0.05) is 36.4 Å². The van der Waals surface area contributed by atoms with E-state index in [1.54, 1.807) is 42.5 Å². The molecule has 0 radical (unpaired) electrons. The van der Waals surface area contributed by atoms with Crippen molar-refractivity contribution in [3.63, 3.8) is 0 Å². The Balaban J connectivity index is 2.23. The lowest BCUT2D eigenvalue weighted by atomic mass is 10.1. The molecule has 1 atom stereocenters. The monoisotopic (exact) mass is 305 g/mol. The molecule has 2 rings (SSSR count). The second kappa shape index (κ2) is 6.49. The standard InChI is InChI=1S/C15H15NO4S/c17-15(18)14(9-12-5-2-1-3-6-12)21(19,20)11-13-7-4-8-16-10-13/h1-8,10,14H,9,11H2,(H,17,18). The Morgan fingerprint density at radius 2 is 1.76 bits per heavy atom. The number of carboxylic acids is 1. The maximum absolute atomic E-state index is 12.3. The van der Waals surface area contributed by atoms with Crippen LogP contribution in [0.5, 0.6) is 0 Å². The van der Waals surface area contributed by atoms with E-state index in [1.165, 1.54) is 12.4 Å². The predicted octanol–water partition coefficient (Wildman–Crippen LogP) is 1.69. The van der Waals surface area contributed by atoms with Crippen LogP contribution < -0.4 is 0 Å². The third kappa shape index (κ3) is 4.13. The number of nitrogens with zero attached hydrogens (tertiary/aromatic N) is 1. The summed E-state index contributed by atoms with van der Waals surface area (Å²) in [6, 6.07) is 12.0. The van der Waals surface area contributed by atoms with Crippen LogP contribution in [-0.4, -0.2) is 29.7 Å². The van der Waals surface area contributed by atoms with Gasteiger partial charge in [0.2, 0.25) is 0 Å². The summed E-state index contributed by atoms with van der Waals surface area (Å²) >= 11 is 0. The van der Waals surface area contributed by atoms with Gasteiger partial charge in [0.1, 0.15) is 0 Å². The van der Waals surface area contributed by atoms with Crippen molar-refractivity contribution >= 4 is 15.8 Å². The lowest BCUT2D eigenvalue weighted by Gasteiger charge is -2.13. The number of benzene rings is 1. The zero-order valence-electron chi connectivity index (χ0n) is 11.2. The van der Waals surface area contributed by atoms with Crippen LogP contribution >= 0.6 is 0 Å². The molecule has 21 heavy (non-hydrogen) atoms. The summed E-state index contributed by atoms with van der Waals surface area (Å²) in [6.45, 7) is 0. The lowest BCUT2D eigenvalue weighted by Crippen LogP contribution is -2.33. The van der Waals surface area contributed by atoms with Gasteiger partial charge >= 0.3 is 5.97 Å². The van der Waals surface area contributed by atoms with Gasteiger partial charge in [-0.2, -0.15) is 0 Å². The molecule has 0 fully saturated rings. The first-order valence-corrected chi connectivity index (χ1v) is 8.08. The molecule has 0 aliphatic rings. The van der Waals surface area contributed by atoms with Crippen molar-refractivity contribution in [2.24, 2.45) is 0 Å². The van der Waals surface area contributed by atoms with E-state index in [2.05, 4.69) is 4.98 Å². The Labute approximate surface area is 123 Å². The van der Waals surface area contributed by atoms with Crippen LogP contribution in [0.25, 0.3) is 0 Å². The van der Waals surface area contributed by atoms with E-state index >= 15 is 0 Å². The molecule has 1 aromatic carbocycles. The number of pyridine rings is 1. The average Bonchev–Trinajstić information content (AvgIpc) is 2.46. The average molecular weight is 305 g/mol. The highest BCUT2D eigenvalue weighted by atomic mass is 32.2. The smallest absolute Gasteiger partial charge is 0.322 e. The molecule has 0 saturated carbocycles. The van der Waals surface area contributed by atoms with E-state index in [9.17, 15) is 18.3 Å². The normalized spacial score (nSPS) is 12.8. The highest BCUT2D eigenvalue weighted by Gasteiger charge is 2.32. The second-order valence-corrected chi connectivity index (χ2v) is 6.87. The Bertz CT molecular complexity index is 699. The molecule has 2 aromatic rings. The second-order valence-electron chi connectivity index (χ2n) is 4.69. The fourth-order valence-electron chi connectivity index (χ4n) is 2.01. The van der Waals surface area contributed by atoms with Crippen molar-refractivity contribution in [3.05, 3.63) is 66.0 Å². The minimum absolute atomic E-state index is 0.0429. The van der Waals surface area contributed by atoms with Crippen LogP contribution in [0.3, 0.4) is 0 Å². The van der Waals surface area contributed by atoms with E-state index in [0.29, 0.717) is 11.1 Å². The van der Waals surface area contributed by atoms with E-state index < -0.39 is 21.1 Å². The topological polar surface area (TPSA) is 84.3 Å². The molecule has 6 heteroatoms. The van der Waals surface area contributed by atoms with Crippen LogP contribution in [0.1, 0.15) is 11.1 Å². The summed E-state index contributed by atoms with van der Waals surface area (Å²) in [5, 5.41) is 7.80. The highest BCUT2D eigenvalue weighted by molar-refractivity contribution is 7.92. The van der Waals surface area contributed by atoms with Gasteiger partial charge in [0, 0.05) is 12.4 Å². The molecule has 1 heterocycles. The van der Waals surface area contributed by atoms with Gasteiger partial charge in [-0.3, -0.25) is 9.78 Å². The Morgan fingerprint density at radius 3 is 2.33 bits per heavy atom. The van der Waals surface area contributed by atoms with Crippen molar-refractivity contribution in [3.8, 4) is 0 Å². The first-order valence-electron chi connectivity index (χ1n) is 6.36. The summed E-state index contributed by atoms with van der Waals surface area (Å²) in [6.07, 6.45) is 2.92. The molecule has 0 bridgehead atoms. The van der Waals surface area contributed by atoms with Gasteiger partial charge in [-0.15, -0.1) is 0 Å². The summed E-state index contributed by atoms with van der Waals surface area (Å²) in [7, 11) is -3.81. The third-order valence-corrected chi connectivity index (χ3v) is 5.03. The highest BCUT2D eigenvalue weighted by Crippen LogP contribution is 2.16. The Kier molecular flexibility index (Phi) is 4.70. The maximum atomic E-state index is 12.3. The van der Waals surface area contributed by atoms with Crippen LogP contribution in [0.2, 0.25) is 0 Å². The summed E-state index contributed by atoms with van der Waals surface area (Å²) in [5.41, 5.74) is 1.16. The minimum Gasteiger partial charge on any atom is -0.480 e. The zero-order chi connectivity index (χ0) is 15.3. The molecule has 1 aromatic heterocycles. The SMILES string of the molecule is O=C(O)C(Cc1ccccc1)S(=O)(=O)Cc1cccnc1. The van der Waals surface area contributed by atoms with E-state index in [4.69, 9.17) is 0 Å². The minimum atomic E-state index is -3.81. The van der Waals surface area contributed by atoms with Gasteiger partial charge < -0.3 is 5.11 Å². The number of carbonyl (C=O) groups is 1. The summed E-state index contributed by atoms with van der Waals surface area (Å²) in [5.74, 6) is -1.66. The number of carboxylic acid groups (broad SMARTS) is 1. The van der Waals surface area contributed by atoms with Crippen LogP contribution in [-0.2, 0) is 26.8 Å². The quantitative estimate of drug-likeness (QED) is 0.878. The van der Waals surface area contributed by atoms with Crippen molar-refractivity contribution < 1.29 is 18.3 Å². The number of sulfone groups is 1. The molecule has 1 N–H and O–H groups in total. The number of aliphatic carboxylic acids is 1. The predicted molar refractivity (Wildman–Crippen MR) is 78.4 cm³/mol. The number of rotatable bonds is 6. The summed E-state index contributed by atoms with van der Waals surface area (Å²) in [4.78, 5) is 15.2. The van der Waals surface area contributed by atoms with Gasteiger partial charge in [0.25, 0.3) is 0 Å². The van der Waals surface area contributed by atoms with Gasteiger partial charge in [-0.05, 0) is 23.6 Å². The third-order valence-electron chi connectivity index (χ3n) is 3.06. The first-order chi connectivity index (χ1) is 9.99. The van der Waals surface area contributed by atoms with Crippen LogP contribution in [0.4, 0.5) is 0 Å². The van der Waals surface area contributed by atoms with E-state index in [-0.39, 0.29) is 12.2 Å². The Morgan fingerprint density at radius 1 is 1.10 bits per heavy atom. The van der Waals surface area contributed by atoms with E-state index in [1.807, 2.05) is 0 Å². The van der Waals surface area contributed by atoms with E-state index in [0.717, 1.165) is 0 Å². The fraction of sp³-hybridized carbons (Fsp3) is 0.200. The van der Waals surface area contributed by atoms with Crippen molar-refractivity contribution in [2.75, 3.05) is 0 Å². The molecule has 5 nitrogen and oxygen atoms in total. The molecule has 1 unspecified atom stereocenters. The molecule has 0 spiro atoms. The number of hydrogen-bond donors (Lipinski definition) is 1. The lowest BCUT2D eigenvalue weighted by molar-refractivity contribution is -0.136. The zero-order valence-corrected chi connectivity index (χ0v) is 12.0. The maximum Gasteiger partial charge on any atom is 0.322 e. The van der Waals surface area contributed by atoms with Gasteiger partial charge in [0.05, 0.1) is 5.75 Å². The van der Waals surface area contributed by atoms with Gasteiger partial charge in [0.15, 0.2) is 15.1 Å². The van der Waals surface area contributed by atoms with Crippen molar-refractivity contribution in [1.82, 2.24) is 4.98 Å². The molecular formula is C15H15NO4S. The van der Waals surface area contributed by atoms with Crippen LogP contribution in [0.15, 0.2) is 54.9 Å². The molecule has 0 aliphatic heterocycles. The first kappa shape index (κ1) is 15.2. The molecular weight excluding hydrogens is 290 g/mol. The van der Waals surface area contributed by atoms with Crippen molar-refractivity contribution in [1.29, 1.82) is 0 Å². The number of aromatic nitrogens is 1. The van der Waals surface area contributed by atoms with Crippen LogP contribution in [0, 0.1) is 0 Å². The molecule has 0 saturated heterocycles.